The smallest absolute Gasteiger partial charge is 0.119 e. The number of aromatic hydroxyl groups is 1. The molecule has 0 aliphatic carbocycles. The van der Waals surface area contributed by atoms with E-state index in [0.717, 1.165) is 24.1 Å². The lowest BCUT2D eigenvalue weighted by atomic mass is 9.86. The van der Waals surface area contributed by atoms with Crippen molar-refractivity contribution < 1.29 is 15.3 Å². The lowest BCUT2D eigenvalue weighted by Crippen LogP contribution is -2.38. The molecular formula is C23H33NO3. The Morgan fingerprint density at radius 1 is 0.889 bits per heavy atom. The third kappa shape index (κ3) is 5.55. The lowest BCUT2D eigenvalue weighted by Gasteiger charge is -2.32. The molecule has 27 heavy (non-hydrogen) atoms. The Labute approximate surface area is 163 Å². The van der Waals surface area contributed by atoms with E-state index in [-0.39, 0.29) is 18.3 Å². The molecule has 4 heteroatoms. The van der Waals surface area contributed by atoms with Crippen molar-refractivity contribution >= 4 is 0 Å². The molecule has 0 radical (unpaired) electrons. The minimum absolute atomic E-state index is 0.0112. The molecule has 0 fully saturated rings. The summed E-state index contributed by atoms with van der Waals surface area (Å²) in [7, 11) is 0. The van der Waals surface area contributed by atoms with Gasteiger partial charge in [-0.1, -0.05) is 36.4 Å². The molecule has 2 aromatic rings. The van der Waals surface area contributed by atoms with Gasteiger partial charge in [-0.05, 0) is 63.9 Å². The Morgan fingerprint density at radius 2 is 1.52 bits per heavy atom. The zero-order valence-corrected chi connectivity index (χ0v) is 16.8. The summed E-state index contributed by atoms with van der Waals surface area (Å²) in [6.45, 7) is 9.37. The van der Waals surface area contributed by atoms with Crippen LogP contribution in [0.15, 0.2) is 48.5 Å². The Hall–Kier alpha value is -1.88. The summed E-state index contributed by atoms with van der Waals surface area (Å²) in [5.41, 5.74) is 2.55. The van der Waals surface area contributed by atoms with Crippen LogP contribution in [0.2, 0.25) is 0 Å². The standard InChI is InChI=1S/C23H33NO3/c1-16(2)24(17(3)4)13-12-20(18-8-6-5-7-9-18)21-14-19(23(27)15-25)10-11-22(21)26/h5-11,14,16-17,20,23,25-27H,12-13,15H2,1-4H3/t20-,23?/m1/s1. The average Bonchev–Trinajstić information content (AvgIpc) is 2.65. The SMILES string of the molecule is CC(C)N(CC[C@H](c1ccccc1)c1cc(C(O)CO)ccc1O)C(C)C. The van der Waals surface area contributed by atoms with E-state index in [1.807, 2.05) is 24.3 Å². The van der Waals surface area contributed by atoms with Crippen LogP contribution >= 0.6 is 0 Å². The van der Waals surface area contributed by atoms with Gasteiger partial charge >= 0.3 is 0 Å². The van der Waals surface area contributed by atoms with Gasteiger partial charge in [-0.2, -0.15) is 0 Å². The molecule has 1 unspecified atom stereocenters. The van der Waals surface area contributed by atoms with E-state index >= 15 is 0 Å². The van der Waals surface area contributed by atoms with E-state index < -0.39 is 6.10 Å². The Bertz CT molecular complexity index is 692. The van der Waals surface area contributed by atoms with Gasteiger partial charge in [0.15, 0.2) is 0 Å². The molecule has 3 N–H and O–H groups in total. The van der Waals surface area contributed by atoms with Crippen molar-refractivity contribution in [3.63, 3.8) is 0 Å². The molecule has 0 saturated heterocycles. The first-order valence-corrected chi connectivity index (χ1v) is 9.77. The third-order valence-corrected chi connectivity index (χ3v) is 5.19. The third-order valence-electron chi connectivity index (χ3n) is 5.19. The maximum Gasteiger partial charge on any atom is 0.119 e. The zero-order valence-electron chi connectivity index (χ0n) is 16.8. The van der Waals surface area contributed by atoms with Crippen molar-refractivity contribution in [1.82, 2.24) is 4.90 Å². The number of aliphatic hydroxyl groups is 2. The highest BCUT2D eigenvalue weighted by Gasteiger charge is 2.22. The van der Waals surface area contributed by atoms with E-state index in [0.29, 0.717) is 17.6 Å². The molecule has 2 aromatic carbocycles. The topological polar surface area (TPSA) is 63.9 Å². The van der Waals surface area contributed by atoms with E-state index in [4.69, 9.17) is 0 Å². The van der Waals surface area contributed by atoms with Crippen LogP contribution in [0.25, 0.3) is 0 Å². The minimum Gasteiger partial charge on any atom is -0.508 e. The largest absolute Gasteiger partial charge is 0.508 e. The van der Waals surface area contributed by atoms with Crippen LogP contribution in [0.1, 0.15) is 62.8 Å². The van der Waals surface area contributed by atoms with Crippen LogP contribution in [-0.2, 0) is 0 Å². The summed E-state index contributed by atoms with van der Waals surface area (Å²) < 4.78 is 0. The van der Waals surface area contributed by atoms with Crippen molar-refractivity contribution in [2.75, 3.05) is 13.2 Å². The first-order chi connectivity index (χ1) is 12.8. The number of rotatable bonds is 9. The Kier molecular flexibility index (Phi) is 7.84. The minimum atomic E-state index is -0.941. The zero-order chi connectivity index (χ0) is 20.0. The highest BCUT2D eigenvalue weighted by Crippen LogP contribution is 2.36. The maximum absolute atomic E-state index is 10.5. The van der Waals surface area contributed by atoms with Crippen molar-refractivity contribution in [1.29, 1.82) is 0 Å². The molecule has 0 aliphatic rings. The normalized spacial score (nSPS) is 14.1. The molecule has 2 rings (SSSR count). The highest BCUT2D eigenvalue weighted by molar-refractivity contribution is 5.44. The predicted molar refractivity (Wildman–Crippen MR) is 110 cm³/mol. The van der Waals surface area contributed by atoms with Crippen LogP contribution < -0.4 is 0 Å². The molecule has 148 valence electrons. The second-order valence-electron chi connectivity index (χ2n) is 7.69. The van der Waals surface area contributed by atoms with Gasteiger partial charge in [0.1, 0.15) is 11.9 Å². The summed E-state index contributed by atoms with van der Waals surface area (Å²) in [4.78, 5) is 2.44. The molecular weight excluding hydrogens is 338 g/mol. The first kappa shape index (κ1) is 21.4. The van der Waals surface area contributed by atoms with Crippen LogP contribution in [0.5, 0.6) is 5.75 Å². The van der Waals surface area contributed by atoms with Crippen LogP contribution in [0, 0.1) is 0 Å². The summed E-state index contributed by atoms with van der Waals surface area (Å²) in [6, 6.07) is 16.1. The average molecular weight is 372 g/mol. The Balaban J connectivity index is 2.39. The van der Waals surface area contributed by atoms with Gasteiger partial charge < -0.3 is 15.3 Å². The molecule has 0 spiro atoms. The van der Waals surface area contributed by atoms with Gasteiger partial charge in [0, 0.05) is 23.6 Å². The molecule has 0 heterocycles. The molecule has 2 atom stereocenters. The van der Waals surface area contributed by atoms with Gasteiger partial charge in [0.2, 0.25) is 0 Å². The van der Waals surface area contributed by atoms with Gasteiger partial charge in [0.25, 0.3) is 0 Å². The van der Waals surface area contributed by atoms with Crippen molar-refractivity contribution in [3.8, 4) is 5.75 Å². The summed E-state index contributed by atoms with van der Waals surface area (Å²) >= 11 is 0. The number of nitrogens with zero attached hydrogens (tertiary/aromatic N) is 1. The summed E-state index contributed by atoms with van der Waals surface area (Å²) in [5, 5.41) is 29.9. The second-order valence-corrected chi connectivity index (χ2v) is 7.69. The molecule has 0 aliphatic heterocycles. The fraction of sp³-hybridized carbons (Fsp3) is 0.478. The van der Waals surface area contributed by atoms with Crippen molar-refractivity contribution in [3.05, 3.63) is 65.2 Å². The predicted octanol–water partition coefficient (Wildman–Crippen LogP) is 4.06. The number of aliphatic hydroxyl groups excluding tert-OH is 2. The second kappa shape index (κ2) is 9.88. The summed E-state index contributed by atoms with van der Waals surface area (Å²) in [5.74, 6) is 0.232. The number of benzene rings is 2. The van der Waals surface area contributed by atoms with Gasteiger partial charge in [-0.3, -0.25) is 4.90 Å². The number of phenolic OH excluding ortho intramolecular Hbond substituents is 1. The van der Waals surface area contributed by atoms with Crippen LogP contribution in [-0.4, -0.2) is 45.5 Å². The first-order valence-electron chi connectivity index (χ1n) is 9.77. The highest BCUT2D eigenvalue weighted by atomic mass is 16.3. The fourth-order valence-electron chi connectivity index (χ4n) is 3.74. The molecule has 4 nitrogen and oxygen atoms in total. The molecule has 0 saturated carbocycles. The monoisotopic (exact) mass is 371 g/mol. The van der Waals surface area contributed by atoms with Gasteiger partial charge in [-0.15, -0.1) is 0 Å². The molecule has 0 bridgehead atoms. The van der Waals surface area contributed by atoms with E-state index in [1.165, 1.54) is 0 Å². The number of hydrogen-bond acceptors (Lipinski definition) is 4. The van der Waals surface area contributed by atoms with Gasteiger partial charge in [-0.25, -0.2) is 0 Å². The fourth-order valence-corrected chi connectivity index (χ4v) is 3.74. The van der Waals surface area contributed by atoms with E-state index in [1.54, 1.807) is 12.1 Å². The van der Waals surface area contributed by atoms with Crippen molar-refractivity contribution in [2.24, 2.45) is 0 Å². The quantitative estimate of drug-likeness (QED) is 0.622. The Morgan fingerprint density at radius 3 is 2.07 bits per heavy atom. The van der Waals surface area contributed by atoms with E-state index in [9.17, 15) is 15.3 Å². The van der Waals surface area contributed by atoms with Crippen LogP contribution in [0.3, 0.4) is 0 Å². The van der Waals surface area contributed by atoms with Crippen molar-refractivity contribution in [2.45, 2.75) is 58.2 Å². The number of hydrogen-bond donors (Lipinski definition) is 3. The van der Waals surface area contributed by atoms with E-state index in [2.05, 4.69) is 44.7 Å². The molecule has 0 amide bonds. The van der Waals surface area contributed by atoms with Crippen LogP contribution in [0.4, 0.5) is 0 Å². The maximum atomic E-state index is 10.5. The lowest BCUT2D eigenvalue weighted by molar-refractivity contribution is 0.0955. The number of phenols is 1. The molecule has 0 aromatic heterocycles. The van der Waals surface area contributed by atoms with Gasteiger partial charge in [0.05, 0.1) is 6.61 Å². The summed E-state index contributed by atoms with van der Waals surface area (Å²) in [6.07, 6.45) is -0.0873.